The molecule has 22 heavy (non-hydrogen) atoms. The zero-order chi connectivity index (χ0) is 16.1. The van der Waals surface area contributed by atoms with Crippen molar-refractivity contribution in [3.05, 3.63) is 69.7 Å². The van der Waals surface area contributed by atoms with Crippen molar-refractivity contribution in [2.75, 3.05) is 0 Å². The summed E-state index contributed by atoms with van der Waals surface area (Å²) in [6, 6.07) is 13.7. The van der Waals surface area contributed by atoms with Gasteiger partial charge in [-0.05, 0) is 29.3 Å². The second kappa shape index (κ2) is 7.40. The molecule has 2 aromatic carbocycles. The van der Waals surface area contributed by atoms with Crippen molar-refractivity contribution in [3.63, 3.8) is 0 Å². The van der Waals surface area contributed by atoms with Crippen LogP contribution in [0, 0.1) is 0 Å². The second-order valence-corrected chi connectivity index (χ2v) is 5.57. The Balaban J connectivity index is 1.99. The number of nitrogens with zero attached hydrogens (tertiary/aromatic N) is 1. The molecule has 0 atom stereocenters. The van der Waals surface area contributed by atoms with Crippen molar-refractivity contribution >= 4 is 35.0 Å². The van der Waals surface area contributed by atoms with Crippen molar-refractivity contribution in [2.24, 2.45) is 5.84 Å². The average Bonchev–Trinajstić information content (AvgIpc) is 2.51. The standard InChI is InChI=1S/C16H14Cl2N2O2/c17-13-7-5-11(6-8-13)9-15(21)20(19)16(22)10-12-3-1-2-4-14(12)18/h1-8H,9-10,19H2. The summed E-state index contributed by atoms with van der Waals surface area (Å²) in [6.07, 6.45) is 0.00443. The minimum Gasteiger partial charge on any atom is -0.273 e. The van der Waals surface area contributed by atoms with Crippen LogP contribution in [0.3, 0.4) is 0 Å². The van der Waals surface area contributed by atoms with Gasteiger partial charge in [-0.25, -0.2) is 10.9 Å². The molecule has 4 nitrogen and oxygen atoms in total. The van der Waals surface area contributed by atoms with Crippen molar-refractivity contribution in [2.45, 2.75) is 12.8 Å². The third kappa shape index (κ3) is 4.31. The lowest BCUT2D eigenvalue weighted by Crippen LogP contribution is -2.44. The molecule has 0 aromatic heterocycles. The van der Waals surface area contributed by atoms with Gasteiger partial charge in [0.1, 0.15) is 0 Å². The summed E-state index contributed by atoms with van der Waals surface area (Å²) in [5.41, 5.74) is 1.36. The Bertz CT molecular complexity index is 687. The van der Waals surface area contributed by atoms with Gasteiger partial charge >= 0.3 is 0 Å². The number of rotatable bonds is 4. The van der Waals surface area contributed by atoms with Crippen molar-refractivity contribution in [3.8, 4) is 0 Å². The van der Waals surface area contributed by atoms with E-state index in [9.17, 15) is 9.59 Å². The predicted octanol–water partition coefficient (Wildman–Crippen LogP) is 3.01. The van der Waals surface area contributed by atoms with Crippen LogP contribution in [0.1, 0.15) is 11.1 Å². The molecule has 2 rings (SSSR count). The molecule has 0 spiro atoms. The van der Waals surface area contributed by atoms with E-state index in [0.717, 1.165) is 5.56 Å². The molecule has 0 saturated carbocycles. The molecule has 6 heteroatoms. The summed E-state index contributed by atoms with van der Waals surface area (Å²) in [6.45, 7) is 0. The average molecular weight is 337 g/mol. The van der Waals surface area contributed by atoms with Crippen molar-refractivity contribution in [1.29, 1.82) is 0 Å². The van der Waals surface area contributed by atoms with Gasteiger partial charge in [0, 0.05) is 10.0 Å². The molecule has 2 aromatic rings. The van der Waals surface area contributed by atoms with E-state index in [-0.39, 0.29) is 12.8 Å². The van der Waals surface area contributed by atoms with Crippen LogP contribution in [0.5, 0.6) is 0 Å². The number of hydrazine groups is 1. The largest absolute Gasteiger partial charge is 0.273 e. The lowest BCUT2D eigenvalue weighted by Gasteiger charge is -2.15. The monoisotopic (exact) mass is 336 g/mol. The van der Waals surface area contributed by atoms with Crippen LogP contribution in [0.4, 0.5) is 0 Å². The molecular weight excluding hydrogens is 323 g/mol. The summed E-state index contributed by atoms with van der Waals surface area (Å²) >= 11 is 11.8. The summed E-state index contributed by atoms with van der Waals surface area (Å²) in [4.78, 5) is 24.1. The number of amides is 2. The molecule has 0 aliphatic heterocycles. The first kappa shape index (κ1) is 16.5. The number of benzene rings is 2. The Labute approximate surface area is 138 Å². The number of halogens is 2. The van der Waals surface area contributed by atoms with Gasteiger partial charge < -0.3 is 0 Å². The van der Waals surface area contributed by atoms with Gasteiger partial charge in [-0.1, -0.05) is 53.5 Å². The molecule has 0 unspecified atom stereocenters. The van der Waals surface area contributed by atoms with Crippen LogP contribution < -0.4 is 5.84 Å². The third-order valence-corrected chi connectivity index (χ3v) is 3.73. The molecule has 0 fully saturated rings. The molecule has 2 amide bonds. The second-order valence-electron chi connectivity index (χ2n) is 4.73. The number of hydrogen-bond acceptors (Lipinski definition) is 3. The number of hydrogen-bond donors (Lipinski definition) is 1. The fourth-order valence-electron chi connectivity index (χ4n) is 1.89. The maximum atomic E-state index is 12.1. The van der Waals surface area contributed by atoms with Crippen LogP contribution in [-0.4, -0.2) is 16.8 Å². The van der Waals surface area contributed by atoms with Crippen LogP contribution in [-0.2, 0) is 22.4 Å². The fourth-order valence-corrected chi connectivity index (χ4v) is 2.22. The van der Waals surface area contributed by atoms with Gasteiger partial charge in [0.05, 0.1) is 12.8 Å². The van der Waals surface area contributed by atoms with Gasteiger partial charge in [-0.3, -0.25) is 9.59 Å². The fraction of sp³-hybridized carbons (Fsp3) is 0.125. The first-order valence-electron chi connectivity index (χ1n) is 6.55. The normalized spacial score (nSPS) is 10.3. The maximum absolute atomic E-state index is 12.1. The van der Waals surface area contributed by atoms with Crippen LogP contribution in [0.25, 0.3) is 0 Å². The molecule has 0 aliphatic rings. The first-order valence-corrected chi connectivity index (χ1v) is 7.31. The van der Waals surface area contributed by atoms with Crippen molar-refractivity contribution in [1.82, 2.24) is 5.01 Å². The molecule has 114 valence electrons. The Morgan fingerprint density at radius 1 is 0.909 bits per heavy atom. The third-order valence-electron chi connectivity index (χ3n) is 3.11. The lowest BCUT2D eigenvalue weighted by molar-refractivity contribution is -0.144. The van der Waals surface area contributed by atoms with E-state index in [0.29, 0.717) is 20.6 Å². The van der Waals surface area contributed by atoms with E-state index >= 15 is 0 Å². The minimum atomic E-state index is -0.507. The Kier molecular flexibility index (Phi) is 5.55. The zero-order valence-corrected chi connectivity index (χ0v) is 13.1. The zero-order valence-electron chi connectivity index (χ0n) is 11.6. The van der Waals surface area contributed by atoms with E-state index in [2.05, 4.69) is 0 Å². The summed E-state index contributed by atoms with van der Waals surface area (Å²) in [7, 11) is 0. The van der Waals surface area contributed by atoms with Crippen LogP contribution in [0.2, 0.25) is 10.0 Å². The van der Waals surface area contributed by atoms with Crippen molar-refractivity contribution < 1.29 is 9.59 Å². The van der Waals surface area contributed by atoms with Gasteiger partial charge in [0.15, 0.2) is 0 Å². The minimum absolute atomic E-state index is 0.0253. The van der Waals surface area contributed by atoms with E-state index in [1.54, 1.807) is 48.5 Å². The van der Waals surface area contributed by atoms with E-state index in [1.165, 1.54) is 0 Å². The Morgan fingerprint density at radius 2 is 1.50 bits per heavy atom. The summed E-state index contributed by atoms with van der Waals surface area (Å²) in [5.74, 6) is 4.61. The molecule has 0 heterocycles. The van der Waals surface area contributed by atoms with E-state index in [4.69, 9.17) is 29.0 Å². The Hall–Kier alpha value is -1.88. The number of imide groups is 1. The molecular formula is C16H14Cl2N2O2. The Morgan fingerprint density at radius 3 is 2.14 bits per heavy atom. The summed E-state index contributed by atoms with van der Waals surface area (Å²) in [5, 5.41) is 1.68. The predicted molar refractivity (Wildman–Crippen MR) is 86.4 cm³/mol. The van der Waals surface area contributed by atoms with Gasteiger partial charge in [0.2, 0.25) is 11.8 Å². The van der Waals surface area contributed by atoms with Gasteiger partial charge in [0.25, 0.3) is 0 Å². The molecule has 0 bridgehead atoms. The molecule has 0 saturated heterocycles. The highest BCUT2D eigenvalue weighted by molar-refractivity contribution is 6.31. The van der Waals surface area contributed by atoms with Crippen LogP contribution in [0.15, 0.2) is 48.5 Å². The molecule has 0 aliphatic carbocycles. The highest BCUT2D eigenvalue weighted by Gasteiger charge is 2.19. The quantitative estimate of drug-likeness (QED) is 0.530. The number of carbonyl (C=O) groups excluding carboxylic acids is 2. The smallest absolute Gasteiger partial charge is 0.248 e. The molecule has 0 radical (unpaired) electrons. The number of nitrogens with two attached hydrogens (primary N) is 1. The first-order chi connectivity index (χ1) is 10.5. The maximum Gasteiger partial charge on any atom is 0.248 e. The SMILES string of the molecule is NN(C(=O)Cc1ccc(Cl)cc1)C(=O)Cc1ccccc1Cl. The topological polar surface area (TPSA) is 63.4 Å². The highest BCUT2D eigenvalue weighted by atomic mass is 35.5. The van der Waals surface area contributed by atoms with Gasteiger partial charge in [-0.15, -0.1) is 0 Å². The summed E-state index contributed by atoms with van der Waals surface area (Å²) < 4.78 is 0. The van der Waals surface area contributed by atoms with Crippen LogP contribution >= 0.6 is 23.2 Å². The highest BCUT2D eigenvalue weighted by Crippen LogP contribution is 2.16. The number of carbonyl (C=O) groups is 2. The van der Waals surface area contributed by atoms with Gasteiger partial charge in [-0.2, -0.15) is 0 Å². The lowest BCUT2D eigenvalue weighted by atomic mass is 10.1. The van der Waals surface area contributed by atoms with E-state index in [1.807, 2.05) is 0 Å². The molecule has 2 N–H and O–H groups in total. The van der Waals surface area contributed by atoms with E-state index < -0.39 is 11.8 Å².